The number of pyridine rings is 1. The maximum atomic E-state index is 13.9. The van der Waals surface area contributed by atoms with Gasteiger partial charge in [0, 0.05) is 12.7 Å². The fraction of sp³-hybridized carbons (Fsp3) is 0.333. The molecule has 2 heterocycles. The van der Waals surface area contributed by atoms with E-state index >= 15 is 0 Å². The first-order chi connectivity index (χ1) is 17.5. The van der Waals surface area contributed by atoms with Crippen LogP contribution >= 0.6 is 0 Å². The van der Waals surface area contributed by atoms with Crippen molar-refractivity contribution < 1.29 is 9.53 Å². The quantitative estimate of drug-likeness (QED) is 0.444. The number of rotatable bonds is 9. The monoisotopic (exact) mass is 489 g/mol. The van der Waals surface area contributed by atoms with Crippen molar-refractivity contribution in [3.05, 3.63) is 92.3 Å². The number of amides is 1. The molecule has 0 saturated heterocycles. The molecule has 1 aromatic carbocycles. The van der Waals surface area contributed by atoms with E-state index in [1.807, 2.05) is 30.3 Å². The fourth-order valence-electron chi connectivity index (χ4n) is 4.41. The molecule has 188 valence electrons. The second-order valence-electron chi connectivity index (χ2n) is 8.67. The third kappa shape index (κ3) is 5.56. The van der Waals surface area contributed by atoms with E-state index in [-0.39, 0.29) is 36.0 Å². The Labute approximate surface area is 209 Å². The largest absolute Gasteiger partial charge is 0.477 e. The number of anilines is 2. The standard InChI is InChI=1S/C27H31N5O4/c1-2-36-25-21(14-9-16-29-25)26(34)31(17-15-19-10-5-3-6-11-19)22-23(28)32(27(35)30-24(22)33)18-20-12-7-4-8-13-20/h4,7-10,12-14,16H,2-3,5-6,11,15,17-18,28H2,1H3,(H,30,33,35). The van der Waals surface area contributed by atoms with E-state index in [1.54, 1.807) is 25.3 Å². The highest BCUT2D eigenvalue weighted by Crippen LogP contribution is 2.26. The van der Waals surface area contributed by atoms with Gasteiger partial charge in [-0.2, -0.15) is 0 Å². The van der Waals surface area contributed by atoms with Gasteiger partial charge in [0.25, 0.3) is 11.5 Å². The van der Waals surface area contributed by atoms with Gasteiger partial charge in [0.05, 0.1) is 13.2 Å². The molecule has 1 amide bonds. The van der Waals surface area contributed by atoms with E-state index in [9.17, 15) is 14.4 Å². The predicted molar refractivity (Wildman–Crippen MR) is 140 cm³/mol. The van der Waals surface area contributed by atoms with Crippen LogP contribution in [-0.4, -0.2) is 33.6 Å². The van der Waals surface area contributed by atoms with Gasteiger partial charge < -0.3 is 10.5 Å². The normalized spacial score (nSPS) is 13.2. The summed E-state index contributed by atoms with van der Waals surface area (Å²) in [5.74, 6) is -0.356. The Balaban J connectivity index is 1.79. The molecule has 0 bridgehead atoms. The van der Waals surface area contributed by atoms with Crippen LogP contribution in [0, 0.1) is 0 Å². The number of hydrogen-bond acceptors (Lipinski definition) is 6. The molecule has 2 aromatic heterocycles. The SMILES string of the molecule is CCOc1ncccc1C(=O)N(CCC1=CCCCC1)c1c(N)n(Cc2ccccc2)c(=O)[nH]c1=O. The van der Waals surface area contributed by atoms with Crippen LogP contribution in [-0.2, 0) is 6.54 Å². The number of allylic oxidation sites excluding steroid dienone is 1. The van der Waals surface area contributed by atoms with Gasteiger partial charge in [-0.15, -0.1) is 0 Å². The Morgan fingerprint density at radius 1 is 1.17 bits per heavy atom. The molecule has 3 aromatic rings. The minimum Gasteiger partial charge on any atom is -0.477 e. The molecule has 0 aliphatic heterocycles. The maximum Gasteiger partial charge on any atom is 0.330 e. The average Bonchev–Trinajstić information content (AvgIpc) is 2.89. The van der Waals surface area contributed by atoms with Crippen molar-refractivity contribution in [1.82, 2.24) is 14.5 Å². The Morgan fingerprint density at radius 3 is 2.69 bits per heavy atom. The van der Waals surface area contributed by atoms with Crippen LogP contribution < -0.4 is 26.6 Å². The average molecular weight is 490 g/mol. The summed E-state index contributed by atoms with van der Waals surface area (Å²) in [7, 11) is 0. The summed E-state index contributed by atoms with van der Waals surface area (Å²) in [6.07, 6.45) is 8.54. The lowest BCUT2D eigenvalue weighted by molar-refractivity contribution is 0.0982. The first kappa shape index (κ1) is 25.0. The Kier molecular flexibility index (Phi) is 7.99. The van der Waals surface area contributed by atoms with Gasteiger partial charge in [-0.3, -0.25) is 24.0 Å². The van der Waals surface area contributed by atoms with Crippen molar-refractivity contribution in [2.24, 2.45) is 0 Å². The summed E-state index contributed by atoms with van der Waals surface area (Å²) >= 11 is 0. The number of hydrogen-bond donors (Lipinski definition) is 2. The molecule has 3 N–H and O–H groups in total. The number of carbonyl (C=O) groups excluding carboxylic acids is 1. The fourth-order valence-corrected chi connectivity index (χ4v) is 4.41. The van der Waals surface area contributed by atoms with Crippen LogP contribution in [0.25, 0.3) is 0 Å². The number of aromatic amines is 1. The van der Waals surface area contributed by atoms with E-state index in [1.165, 1.54) is 15.0 Å². The van der Waals surface area contributed by atoms with Crippen molar-refractivity contribution in [1.29, 1.82) is 0 Å². The van der Waals surface area contributed by atoms with Crippen molar-refractivity contribution >= 4 is 17.4 Å². The first-order valence-electron chi connectivity index (χ1n) is 12.2. The molecule has 9 heteroatoms. The number of H-pyrrole nitrogens is 1. The number of ether oxygens (including phenoxy) is 1. The molecule has 1 aliphatic carbocycles. The predicted octanol–water partition coefficient (Wildman–Crippen LogP) is 3.50. The number of nitrogens with two attached hydrogens (primary N) is 1. The number of nitrogens with zero attached hydrogens (tertiary/aromatic N) is 3. The van der Waals surface area contributed by atoms with Crippen LogP contribution in [0.3, 0.4) is 0 Å². The zero-order valence-electron chi connectivity index (χ0n) is 20.4. The molecule has 0 radical (unpaired) electrons. The third-order valence-electron chi connectivity index (χ3n) is 6.24. The zero-order chi connectivity index (χ0) is 25.5. The molecule has 9 nitrogen and oxygen atoms in total. The van der Waals surface area contributed by atoms with Crippen LogP contribution in [0.15, 0.2) is 69.9 Å². The lowest BCUT2D eigenvalue weighted by atomic mass is 9.97. The van der Waals surface area contributed by atoms with Gasteiger partial charge in [0.15, 0.2) is 5.69 Å². The number of nitrogen functional groups attached to an aromatic ring is 1. The van der Waals surface area contributed by atoms with Gasteiger partial charge in [-0.1, -0.05) is 42.0 Å². The summed E-state index contributed by atoms with van der Waals surface area (Å²) in [6.45, 7) is 2.51. The van der Waals surface area contributed by atoms with Gasteiger partial charge in [-0.05, 0) is 56.7 Å². The van der Waals surface area contributed by atoms with Crippen molar-refractivity contribution in [3.8, 4) is 5.88 Å². The Bertz CT molecular complexity index is 1360. The number of carbonyl (C=O) groups is 1. The number of nitrogens with one attached hydrogen (secondary N) is 1. The molecule has 0 atom stereocenters. The lowest BCUT2D eigenvalue weighted by Crippen LogP contribution is -2.42. The van der Waals surface area contributed by atoms with Crippen LogP contribution in [0.5, 0.6) is 5.88 Å². The summed E-state index contributed by atoms with van der Waals surface area (Å²) in [5, 5.41) is 0. The van der Waals surface area contributed by atoms with Crippen LogP contribution in [0.1, 0.15) is 54.9 Å². The smallest absolute Gasteiger partial charge is 0.330 e. The summed E-state index contributed by atoms with van der Waals surface area (Å²) < 4.78 is 6.86. The molecule has 0 spiro atoms. The van der Waals surface area contributed by atoms with Crippen molar-refractivity contribution in [3.63, 3.8) is 0 Å². The summed E-state index contributed by atoms with van der Waals surface area (Å²) in [4.78, 5) is 47.6. The molecule has 0 saturated carbocycles. The summed E-state index contributed by atoms with van der Waals surface area (Å²) in [5.41, 5.74) is 7.33. The Morgan fingerprint density at radius 2 is 1.97 bits per heavy atom. The van der Waals surface area contributed by atoms with Crippen molar-refractivity contribution in [2.75, 3.05) is 23.8 Å². The highest BCUT2D eigenvalue weighted by molar-refractivity contribution is 6.08. The minimum absolute atomic E-state index is 0.0572. The van der Waals surface area contributed by atoms with Crippen LogP contribution in [0.2, 0.25) is 0 Å². The second-order valence-corrected chi connectivity index (χ2v) is 8.67. The molecular formula is C27H31N5O4. The minimum atomic E-state index is -0.713. The van der Waals surface area contributed by atoms with Crippen molar-refractivity contribution in [2.45, 2.75) is 45.6 Å². The molecule has 36 heavy (non-hydrogen) atoms. The van der Waals surface area contributed by atoms with Gasteiger partial charge >= 0.3 is 5.69 Å². The molecule has 1 aliphatic rings. The molecular weight excluding hydrogens is 458 g/mol. The number of benzene rings is 1. The second kappa shape index (κ2) is 11.5. The highest BCUT2D eigenvalue weighted by atomic mass is 16.5. The topological polar surface area (TPSA) is 123 Å². The highest BCUT2D eigenvalue weighted by Gasteiger charge is 2.28. The van der Waals surface area contributed by atoms with E-state index in [0.717, 1.165) is 31.2 Å². The Hall–Kier alpha value is -4.14. The van der Waals surface area contributed by atoms with Crippen LogP contribution in [0.4, 0.5) is 11.5 Å². The number of aromatic nitrogens is 3. The van der Waals surface area contributed by atoms with E-state index in [4.69, 9.17) is 10.5 Å². The third-order valence-corrected chi connectivity index (χ3v) is 6.24. The van der Waals surface area contributed by atoms with Gasteiger partial charge in [0.2, 0.25) is 5.88 Å². The maximum absolute atomic E-state index is 13.9. The van der Waals surface area contributed by atoms with E-state index < -0.39 is 17.2 Å². The molecule has 4 rings (SSSR count). The van der Waals surface area contributed by atoms with Gasteiger partial charge in [0.1, 0.15) is 11.4 Å². The first-order valence-corrected chi connectivity index (χ1v) is 12.2. The molecule has 0 fully saturated rings. The lowest BCUT2D eigenvalue weighted by Gasteiger charge is -2.26. The van der Waals surface area contributed by atoms with Gasteiger partial charge in [-0.25, -0.2) is 9.78 Å². The summed E-state index contributed by atoms with van der Waals surface area (Å²) in [6, 6.07) is 12.6. The molecule has 0 unspecified atom stereocenters. The van der Waals surface area contributed by atoms with E-state index in [0.29, 0.717) is 13.0 Å². The zero-order valence-corrected chi connectivity index (χ0v) is 20.4. The van der Waals surface area contributed by atoms with E-state index in [2.05, 4.69) is 16.0 Å².